The van der Waals surface area contributed by atoms with Crippen LogP contribution in [0.4, 0.5) is 0 Å². The Bertz CT molecular complexity index is 274. The largest absolute Gasteiger partial charge is 0.370 e. The average Bonchev–Trinajstić information content (AvgIpc) is 2.44. The van der Waals surface area contributed by atoms with Gasteiger partial charge in [0.15, 0.2) is 0 Å². The van der Waals surface area contributed by atoms with Crippen molar-refractivity contribution < 1.29 is 4.74 Å². The molecule has 1 saturated heterocycles. The van der Waals surface area contributed by atoms with Gasteiger partial charge < -0.3 is 4.74 Å². The van der Waals surface area contributed by atoms with Crippen molar-refractivity contribution in [2.75, 3.05) is 6.61 Å². The minimum atomic E-state index is 0.158. The fourth-order valence-electron chi connectivity index (χ4n) is 2.53. The van der Waals surface area contributed by atoms with E-state index in [1.165, 1.54) is 6.42 Å². The first-order valence-corrected chi connectivity index (χ1v) is 7.80. The van der Waals surface area contributed by atoms with Crippen LogP contribution in [0.15, 0.2) is 0 Å². The van der Waals surface area contributed by atoms with Crippen LogP contribution < -0.4 is 0 Å². The summed E-state index contributed by atoms with van der Waals surface area (Å²) in [5.41, 5.74) is 0.793. The molecule has 3 atom stereocenters. The summed E-state index contributed by atoms with van der Waals surface area (Å²) in [5, 5.41) is 0.578. The van der Waals surface area contributed by atoms with Gasteiger partial charge in [-0.1, -0.05) is 57.0 Å². The first-order valence-electron chi connectivity index (χ1n) is 6.80. The van der Waals surface area contributed by atoms with Crippen molar-refractivity contribution in [3.05, 3.63) is 0 Å². The van der Waals surface area contributed by atoms with Gasteiger partial charge in [0.1, 0.15) is 0 Å². The molecular formula is C15H31OP. The maximum absolute atomic E-state index is 6.19. The summed E-state index contributed by atoms with van der Waals surface area (Å²) in [7, 11) is 0.966. The lowest BCUT2D eigenvalue weighted by molar-refractivity contribution is 0.0234. The zero-order valence-electron chi connectivity index (χ0n) is 13.0. The molecule has 0 aliphatic carbocycles. The standard InChI is InChI=1S/C15H31OP/c1-12(2,3)9-10-16-15(8)14(7,17-15)11-13(4,5)6/h17H,9-11H2,1-8H3. The quantitative estimate of drug-likeness (QED) is 0.642. The minimum absolute atomic E-state index is 0.158. The van der Waals surface area contributed by atoms with Crippen molar-refractivity contribution >= 4 is 8.58 Å². The average molecular weight is 258 g/mol. The second kappa shape index (κ2) is 4.49. The van der Waals surface area contributed by atoms with E-state index in [4.69, 9.17) is 4.74 Å². The molecule has 0 bridgehead atoms. The number of ether oxygens (including phenoxy) is 1. The van der Waals surface area contributed by atoms with Crippen LogP contribution in [-0.2, 0) is 4.74 Å². The van der Waals surface area contributed by atoms with E-state index in [1.54, 1.807) is 0 Å². The highest BCUT2D eigenvalue weighted by Crippen LogP contribution is 2.73. The van der Waals surface area contributed by atoms with Crippen molar-refractivity contribution in [2.45, 2.75) is 78.7 Å². The summed E-state index contributed by atoms with van der Waals surface area (Å²) in [4.78, 5) is 0. The summed E-state index contributed by atoms with van der Waals surface area (Å²) in [6.45, 7) is 19.4. The smallest absolute Gasteiger partial charge is 0.0910 e. The third-order valence-electron chi connectivity index (χ3n) is 3.63. The van der Waals surface area contributed by atoms with Gasteiger partial charge in [0.25, 0.3) is 0 Å². The lowest BCUT2D eigenvalue weighted by Crippen LogP contribution is -2.29. The molecule has 1 aliphatic heterocycles. The molecule has 1 fully saturated rings. The molecule has 2 heteroatoms. The van der Waals surface area contributed by atoms with Gasteiger partial charge in [0.05, 0.1) is 5.34 Å². The minimum Gasteiger partial charge on any atom is -0.370 e. The SMILES string of the molecule is CC(C)(C)CCOC1(C)PC1(C)CC(C)(C)C. The molecule has 0 spiro atoms. The van der Waals surface area contributed by atoms with Crippen LogP contribution in [0.25, 0.3) is 0 Å². The molecule has 1 nitrogen and oxygen atoms in total. The Hall–Kier alpha value is 0.390. The number of rotatable bonds is 4. The van der Waals surface area contributed by atoms with E-state index in [1.807, 2.05) is 0 Å². The zero-order chi connectivity index (χ0) is 13.5. The lowest BCUT2D eigenvalue weighted by Gasteiger charge is -2.27. The van der Waals surface area contributed by atoms with E-state index in [0.717, 1.165) is 21.6 Å². The second-order valence-electron chi connectivity index (χ2n) is 8.39. The normalized spacial score (nSPS) is 35.3. The fraction of sp³-hybridized carbons (Fsp3) is 1.00. The predicted molar refractivity (Wildman–Crippen MR) is 79.2 cm³/mol. The maximum atomic E-state index is 6.19. The highest BCUT2D eigenvalue weighted by molar-refractivity contribution is 7.51. The van der Waals surface area contributed by atoms with E-state index >= 15 is 0 Å². The molecule has 0 radical (unpaired) electrons. The van der Waals surface area contributed by atoms with Crippen LogP contribution in [0.5, 0.6) is 0 Å². The molecule has 3 unspecified atom stereocenters. The molecule has 0 amide bonds. The molecular weight excluding hydrogens is 227 g/mol. The van der Waals surface area contributed by atoms with Gasteiger partial charge in [-0.25, -0.2) is 0 Å². The molecule has 1 heterocycles. The summed E-state index contributed by atoms with van der Waals surface area (Å²) in [6.07, 6.45) is 2.42. The van der Waals surface area contributed by atoms with Gasteiger partial charge in [-0.2, -0.15) is 0 Å². The molecule has 1 aliphatic rings. The lowest BCUT2D eigenvalue weighted by atomic mass is 9.83. The van der Waals surface area contributed by atoms with Gasteiger partial charge in [-0.15, -0.1) is 0 Å². The molecule has 0 aromatic rings. The van der Waals surface area contributed by atoms with Crippen LogP contribution in [0.3, 0.4) is 0 Å². The van der Waals surface area contributed by atoms with Gasteiger partial charge in [-0.3, -0.25) is 0 Å². The monoisotopic (exact) mass is 258 g/mol. The van der Waals surface area contributed by atoms with E-state index in [9.17, 15) is 0 Å². The zero-order valence-corrected chi connectivity index (χ0v) is 14.0. The second-order valence-corrected chi connectivity index (χ2v) is 10.7. The van der Waals surface area contributed by atoms with Crippen LogP contribution in [0.1, 0.15) is 68.2 Å². The molecule has 17 heavy (non-hydrogen) atoms. The van der Waals surface area contributed by atoms with Crippen molar-refractivity contribution in [1.82, 2.24) is 0 Å². The van der Waals surface area contributed by atoms with Crippen molar-refractivity contribution in [2.24, 2.45) is 10.8 Å². The predicted octanol–water partition coefficient (Wildman–Crippen LogP) is 5.04. The van der Waals surface area contributed by atoms with Gasteiger partial charge in [-0.05, 0) is 30.6 Å². The molecule has 0 aromatic carbocycles. The summed E-state index contributed by atoms with van der Waals surface area (Å²) >= 11 is 0. The Morgan fingerprint density at radius 3 is 1.88 bits per heavy atom. The Balaban J connectivity index is 2.41. The van der Waals surface area contributed by atoms with E-state index in [0.29, 0.717) is 16.0 Å². The summed E-state index contributed by atoms with van der Waals surface area (Å²) in [6, 6.07) is 0. The Morgan fingerprint density at radius 1 is 0.941 bits per heavy atom. The third kappa shape index (κ3) is 4.52. The molecule has 102 valence electrons. The number of hydrogen-bond donors (Lipinski definition) is 0. The van der Waals surface area contributed by atoms with Crippen molar-refractivity contribution in [3.8, 4) is 0 Å². The molecule has 1 rings (SSSR count). The molecule has 0 aromatic heterocycles. The van der Waals surface area contributed by atoms with E-state index < -0.39 is 0 Å². The van der Waals surface area contributed by atoms with Gasteiger partial charge in [0.2, 0.25) is 0 Å². The Labute approximate surface area is 110 Å². The maximum Gasteiger partial charge on any atom is 0.0910 e. The number of hydrogen-bond acceptors (Lipinski definition) is 1. The van der Waals surface area contributed by atoms with Crippen LogP contribution in [0, 0.1) is 10.8 Å². The van der Waals surface area contributed by atoms with Gasteiger partial charge in [0, 0.05) is 11.8 Å². The van der Waals surface area contributed by atoms with E-state index in [2.05, 4.69) is 55.4 Å². The highest BCUT2D eigenvalue weighted by atomic mass is 31.1. The Morgan fingerprint density at radius 2 is 1.47 bits per heavy atom. The third-order valence-corrected chi connectivity index (χ3v) is 5.76. The van der Waals surface area contributed by atoms with Crippen LogP contribution >= 0.6 is 8.58 Å². The Kier molecular flexibility index (Phi) is 4.08. The highest BCUT2D eigenvalue weighted by Gasteiger charge is 2.63. The topological polar surface area (TPSA) is 9.23 Å². The molecule has 0 saturated carbocycles. The first kappa shape index (κ1) is 15.4. The fourth-order valence-corrected chi connectivity index (χ4v) is 4.47. The van der Waals surface area contributed by atoms with E-state index in [-0.39, 0.29) is 5.34 Å². The first-order chi connectivity index (χ1) is 7.37. The summed E-state index contributed by atoms with van der Waals surface area (Å²) in [5.74, 6) is 0. The van der Waals surface area contributed by atoms with Crippen LogP contribution in [-0.4, -0.2) is 17.1 Å². The van der Waals surface area contributed by atoms with Crippen molar-refractivity contribution in [1.29, 1.82) is 0 Å². The molecule has 0 N–H and O–H groups in total. The van der Waals surface area contributed by atoms with Crippen molar-refractivity contribution in [3.63, 3.8) is 0 Å². The summed E-state index contributed by atoms with van der Waals surface area (Å²) < 4.78 is 6.19. The van der Waals surface area contributed by atoms with Crippen LogP contribution in [0.2, 0.25) is 0 Å². The van der Waals surface area contributed by atoms with Gasteiger partial charge >= 0.3 is 0 Å².